The molecular weight excluding hydrogens is 205 g/mol. The minimum Gasteiger partial charge on any atom is -0.481 e. The number of halogens is 3. The normalized spacial score (nSPS) is 13.4. The molecule has 0 saturated carbocycles. The lowest BCUT2D eigenvalue weighted by molar-refractivity contribution is -0.203. The van der Waals surface area contributed by atoms with Gasteiger partial charge in [0.05, 0.1) is 0 Å². The third-order valence-electron chi connectivity index (χ3n) is 1.39. The van der Waals surface area contributed by atoms with Crippen LogP contribution in [-0.4, -0.2) is 29.8 Å². The molecule has 0 aliphatic rings. The van der Waals surface area contributed by atoms with E-state index in [2.05, 4.69) is 4.74 Å². The molecule has 0 aromatic rings. The van der Waals surface area contributed by atoms with E-state index in [4.69, 9.17) is 5.11 Å². The zero-order valence-corrected chi connectivity index (χ0v) is 7.30. The van der Waals surface area contributed by atoms with Crippen molar-refractivity contribution >= 4 is 11.9 Å². The molecule has 0 fully saturated rings. The largest absolute Gasteiger partial charge is 0.481 e. The molecule has 0 bridgehead atoms. The maximum Gasteiger partial charge on any atom is 0.405 e. The summed E-state index contributed by atoms with van der Waals surface area (Å²) in [7, 11) is 0. The Hall–Kier alpha value is -1.27. The molecule has 14 heavy (non-hydrogen) atoms. The second kappa shape index (κ2) is 4.83. The molecule has 0 amide bonds. The molecule has 0 radical (unpaired) electrons. The number of hydrogen-bond donors (Lipinski definition) is 1. The lowest BCUT2D eigenvalue weighted by atomic mass is 10.1. The van der Waals surface area contributed by atoms with E-state index >= 15 is 0 Å². The fraction of sp³-hybridized carbons (Fsp3) is 0.714. The predicted octanol–water partition coefficient (Wildman–Crippen LogP) is 1.20. The standard InChI is InChI=1S/C7H9F3O4/c1-2-5(11)14-3-4(6(12)13)7(8,9)10/h4H,2-3H2,1H3,(H,12,13). The summed E-state index contributed by atoms with van der Waals surface area (Å²) in [5.41, 5.74) is 0. The summed E-state index contributed by atoms with van der Waals surface area (Å²) in [5, 5.41) is 8.18. The molecule has 0 aromatic heterocycles. The van der Waals surface area contributed by atoms with Crippen molar-refractivity contribution < 1.29 is 32.6 Å². The summed E-state index contributed by atoms with van der Waals surface area (Å²) < 4.78 is 40.0. The van der Waals surface area contributed by atoms with Crippen LogP contribution in [0, 0.1) is 5.92 Å². The summed E-state index contributed by atoms with van der Waals surface area (Å²) in [5.74, 6) is -5.57. The van der Waals surface area contributed by atoms with E-state index in [9.17, 15) is 22.8 Å². The summed E-state index contributed by atoms with van der Waals surface area (Å²) >= 11 is 0. The van der Waals surface area contributed by atoms with Crippen LogP contribution in [0.2, 0.25) is 0 Å². The zero-order valence-electron chi connectivity index (χ0n) is 7.30. The van der Waals surface area contributed by atoms with Gasteiger partial charge in [-0.25, -0.2) is 0 Å². The molecule has 0 heterocycles. The number of carboxylic acids is 1. The van der Waals surface area contributed by atoms with Crippen molar-refractivity contribution in [3.05, 3.63) is 0 Å². The van der Waals surface area contributed by atoms with Gasteiger partial charge in [0.25, 0.3) is 0 Å². The monoisotopic (exact) mass is 214 g/mol. The van der Waals surface area contributed by atoms with Crippen molar-refractivity contribution in [2.75, 3.05) is 6.61 Å². The van der Waals surface area contributed by atoms with Crippen molar-refractivity contribution in [3.8, 4) is 0 Å². The molecule has 4 nitrogen and oxygen atoms in total. The average Bonchev–Trinajstić information content (AvgIpc) is 2.01. The van der Waals surface area contributed by atoms with Crippen LogP contribution >= 0.6 is 0 Å². The molecular formula is C7H9F3O4. The van der Waals surface area contributed by atoms with Gasteiger partial charge < -0.3 is 9.84 Å². The van der Waals surface area contributed by atoms with E-state index in [0.717, 1.165) is 0 Å². The number of rotatable bonds is 4. The third kappa shape index (κ3) is 4.11. The molecule has 1 atom stereocenters. The highest BCUT2D eigenvalue weighted by Gasteiger charge is 2.45. The van der Waals surface area contributed by atoms with Crippen LogP contribution in [0.25, 0.3) is 0 Å². The SMILES string of the molecule is CCC(=O)OCC(C(=O)O)C(F)(F)F. The Morgan fingerprint density at radius 1 is 1.43 bits per heavy atom. The van der Waals surface area contributed by atoms with Gasteiger partial charge in [-0.1, -0.05) is 6.92 Å². The molecule has 1 unspecified atom stereocenters. The van der Waals surface area contributed by atoms with Gasteiger partial charge in [-0.15, -0.1) is 0 Å². The van der Waals surface area contributed by atoms with Crippen LogP contribution in [0.1, 0.15) is 13.3 Å². The first-order chi connectivity index (χ1) is 6.29. The van der Waals surface area contributed by atoms with E-state index in [1.54, 1.807) is 0 Å². The van der Waals surface area contributed by atoms with Gasteiger partial charge in [-0.3, -0.25) is 9.59 Å². The Morgan fingerprint density at radius 2 is 1.93 bits per heavy atom. The summed E-state index contributed by atoms with van der Waals surface area (Å²) in [4.78, 5) is 20.6. The van der Waals surface area contributed by atoms with E-state index < -0.39 is 30.6 Å². The maximum atomic E-state index is 12.0. The molecule has 0 saturated heterocycles. The van der Waals surface area contributed by atoms with E-state index in [1.165, 1.54) is 6.92 Å². The Balaban J connectivity index is 4.26. The lowest BCUT2D eigenvalue weighted by Gasteiger charge is -2.15. The number of esters is 1. The number of carbonyl (C=O) groups is 2. The number of carbonyl (C=O) groups excluding carboxylic acids is 1. The van der Waals surface area contributed by atoms with Crippen LogP contribution in [0.15, 0.2) is 0 Å². The Morgan fingerprint density at radius 3 is 2.21 bits per heavy atom. The Bertz CT molecular complexity index is 223. The van der Waals surface area contributed by atoms with Gasteiger partial charge in [-0.05, 0) is 0 Å². The summed E-state index contributed by atoms with van der Waals surface area (Å²) in [6.07, 6.45) is -5.00. The van der Waals surface area contributed by atoms with Gasteiger partial charge >= 0.3 is 18.1 Å². The van der Waals surface area contributed by atoms with Crippen molar-refractivity contribution in [1.29, 1.82) is 0 Å². The molecule has 0 aliphatic carbocycles. The van der Waals surface area contributed by atoms with E-state index in [1.807, 2.05) is 0 Å². The third-order valence-corrected chi connectivity index (χ3v) is 1.39. The molecule has 0 spiro atoms. The number of hydrogen-bond acceptors (Lipinski definition) is 3. The topological polar surface area (TPSA) is 63.6 Å². The number of aliphatic carboxylic acids is 1. The second-order valence-corrected chi connectivity index (χ2v) is 2.47. The van der Waals surface area contributed by atoms with Crippen molar-refractivity contribution in [1.82, 2.24) is 0 Å². The van der Waals surface area contributed by atoms with Gasteiger partial charge in [0, 0.05) is 6.42 Å². The van der Waals surface area contributed by atoms with Gasteiger partial charge in [0.15, 0.2) is 5.92 Å². The first-order valence-corrected chi connectivity index (χ1v) is 3.74. The van der Waals surface area contributed by atoms with Crippen molar-refractivity contribution in [3.63, 3.8) is 0 Å². The highest BCUT2D eigenvalue weighted by Crippen LogP contribution is 2.26. The van der Waals surface area contributed by atoms with Crippen LogP contribution in [-0.2, 0) is 14.3 Å². The summed E-state index contributed by atoms with van der Waals surface area (Å²) in [6, 6.07) is 0. The number of ether oxygens (including phenoxy) is 1. The summed E-state index contributed by atoms with van der Waals surface area (Å²) in [6.45, 7) is 0.219. The lowest BCUT2D eigenvalue weighted by Crippen LogP contribution is -2.35. The minimum atomic E-state index is -4.90. The Kier molecular flexibility index (Phi) is 4.39. The second-order valence-electron chi connectivity index (χ2n) is 2.47. The maximum absolute atomic E-state index is 12.0. The average molecular weight is 214 g/mol. The highest BCUT2D eigenvalue weighted by atomic mass is 19.4. The number of alkyl halides is 3. The zero-order chi connectivity index (χ0) is 11.4. The fourth-order valence-corrected chi connectivity index (χ4v) is 0.584. The van der Waals surface area contributed by atoms with Crippen LogP contribution in [0.3, 0.4) is 0 Å². The Labute approximate surface area is 77.7 Å². The molecule has 0 aliphatic heterocycles. The van der Waals surface area contributed by atoms with Gasteiger partial charge in [0.1, 0.15) is 6.61 Å². The first kappa shape index (κ1) is 12.7. The quantitative estimate of drug-likeness (QED) is 0.714. The predicted molar refractivity (Wildman–Crippen MR) is 38.4 cm³/mol. The van der Waals surface area contributed by atoms with E-state index in [0.29, 0.717) is 0 Å². The highest BCUT2D eigenvalue weighted by molar-refractivity contribution is 5.72. The van der Waals surface area contributed by atoms with Crippen LogP contribution in [0.4, 0.5) is 13.2 Å². The van der Waals surface area contributed by atoms with Crippen molar-refractivity contribution in [2.24, 2.45) is 5.92 Å². The number of carboxylic acid groups (broad SMARTS) is 1. The van der Waals surface area contributed by atoms with Gasteiger partial charge in [-0.2, -0.15) is 13.2 Å². The molecule has 7 heteroatoms. The molecule has 0 rings (SSSR count). The van der Waals surface area contributed by atoms with Crippen LogP contribution in [0.5, 0.6) is 0 Å². The molecule has 0 aromatic carbocycles. The smallest absolute Gasteiger partial charge is 0.405 e. The first-order valence-electron chi connectivity index (χ1n) is 3.74. The van der Waals surface area contributed by atoms with Crippen LogP contribution < -0.4 is 0 Å². The fourth-order valence-electron chi connectivity index (χ4n) is 0.584. The van der Waals surface area contributed by atoms with Crippen molar-refractivity contribution in [2.45, 2.75) is 19.5 Å². The molecule has 1 N–H and O–H groups in total. The van der Waals surface area contributed by atoms with Gasteiger partial charge in [0.2, 0.25) is 0 Å². The minimum absolute atomic E-state index is 0.0931. The van der Waals surface area contributed by atoms with E-state index in [-0.39, 0.29) is 6.42 Å². The molecule has 82 valence electrons.